The average Bonchev–Trinajstić information content (AvgIpc) is 2.70. The van der Waals surface area contributed by atoms with Crippen molar-refractivity contribution in [3.63, 3.8) is 0 Å². The van der Waals surface area contributed by atoms with Crippen LogP contribution in [0, 0.1) is 11.3 Å². The number of likely N-dealkylation sites (N-methyl/N-ethyl adjacent to an activating group) is 1. The fourth-order valence-electron chi connectivity index (χ4n) is 3.46. The van der Waals surface area contributed by atoms with E-state index in [2.05, 4.69) is 38.6 Å². The number of nitrogens with one attached hydrogen (secondary N) is 2. The first-order valence-corrected chi connectivity index (χ1v) is 9.57. The van der Waals surface area contributed by atoms with Gasteiger partial charge in [-0.2, -0.15) is 5.26 Å². The van der Waals surface area contributed by atoms with Gasteiger partial charge < -0.3 is 15.5 Å². The van der Waals surface area contributed by atoms with E-state index < -0.39 is 0 Å². The Bertz CT molecular complexity index is 742. The molecule has 1 aliphatic heterocycles. The van der Waals surface area contributed by atoms with Gasteiger partial charge in [-0.3, -0.25) is 0 Å². The van der Waals surface area contributed by atoms with Gasteiger partial charge in [-0.05, 0) is 38.1 Å². The first-order valence-electron chi connectivity index (χ1n) is 9.57. The second-order valence-corrected chi connectivity index (χ2v) is 7.10. The summed E-state index contributed by atoms with van der Waals surface area (Å²) in [5.74, 6) is 0.856. The van der Waals surface area contributed by atoms with Gasteiger partial charge in [0.05, 0.1) is 17.1 Å². The molecular weight excluding hydrogens is 324 g/mol. The van der Waals surface area contributed by atoms with Crippen molar-refractivity contribution in [3.8, 4) is 6.07 Å². The predicted molar refractivity (Wildman–Crippen MR) is 105 cm³/mol. The topological polar surface area (TPSA) is 76.9 Å². The normalized spacial score (nSPS) is 18.6. The van der Waals surface area contributed by atoms with Crippen LogP contribution in [0.5, 0.6) is 0 Å². The van der Waals surface area contributed by atoms with Gasteiger partial charge in [0, 0.05) is 37.6 Å². The second-order valence-electron chi connectivity index (χ2n) is 7.10. The van der Waals surface area contributed by atoms with Crippen molar-refractivity contribution in [2.45, 2.75) is 38.1 Å². The van der Waals surface area contributed by atoms with Crippen molar-refractivity contribution in [1.29, 1.82) is 5.26 Å². The summed E-state index contributed by atoms with van der Waals surface area (Å²) < 4.78 is 0. The summed E-state index contributed by atoms with van der Waals surface area (Å²) in [5.41, 5.74) is 1.53. The van der Waals surface area contributed by atoms with Crippen LogP contribution in [-0.2, 0) is 0 Å². The van der Waals surface area contributed by atoms with Gasteiger partial charge in [-0.15, -0.1) is 0 Å². The van der Waals surface area contributed by atoms with E-state index in [-0.39, 0.29) is 0 Å². The zero-order chi connectivity index (χ0) is 18.2. The van der Waals surface area contributed by atoms with E-state index in [0.29, 0.717) is 11.6 Å². The van der Waals surface area contributed by atoms with E-state index in [1.165, 1.54) is 45.2 Å². The average molecular weight is 352 g/mol. The molecule has 0 amide bonds. The monoisotopic (exact) mass is 352 g/mol. The fraction of sp³-hybridized carbons (Fsp3) is 0.550. The zero-order valence-electron chi connectivity index (χ0n) is 15.5. The molecule has 1 saturated heterocycles. The SMILES string of the molecule is CN1CCNCC1.N#Cc1ccc2ncnc(NC3CCCCC3)c2c1. The lowest BCUT2D eigenvalue weighted by atomic mass is 9.95. The largest absolute Gasteiger partial charge is 0.367 e. The van der Waals surface area contributed by atoms with Crippen molar-refractivity contribution < 1.29 is 0 Å². The predicted octanol–water partition coefficient (Wildman–Crippen LogP) is 2.77. The van der Waals surface area contributed by atoms with Crippen LogP contribution in [0.15, 0.2) is 24.5 Å². The van der Waals surface area contributed by atoms with E-state index >= 15 is 0 Å². The molecule has 1 aromatic carbocycles. The molecule has 0 atom stereocenters. The molecule has 2 N–H and O–H groups in total. The number of anilines is 1. The second kappa shape index (κ2) is 9.46. The lowest BCUT2D eigenvalue weighted by Gasteiger charge is -2.23. The Morgan fingerprint density at radius 3 is 2.58 bits per heavy atom. The maximum Gasteiger partial charge on any atom is 0.137 e. The lowest BCUT2D eigenvalue weighted by molar-refractivity contribution is 0.291. The number of aromatic nitrogens is 2. The van der Waals surface area contributed by atoms with Gasteiger partial charge in [0.1, 0.15) is 12.1 Å². The highest BCUT2D eigenvalue weighted by Gasteiger charge is 2.15. The van der Waals surface area contributed by atoms with Gasteiger partial charge in [0.15, 0.2) is 0 Å². The summed E-state index contributed by atoms with van der Waals surface area (Å²) in [6.45, 7) is 4.74. The van der Waals surface area contributed by atoms with Crippen molar-refractivity contribution in [3.05, 3.63) is 30.1 Å². The summed E-state index contributed by atoms with van der Waals surface area (Å²) >= 11 is 0. The number of nitriles is 1. The highest BCUT2D eigenvalue weighted by atomic mass is 15.2. The van der Waals surface area contributed by atoms with Crippen LogP contribution in [0.3, 0.4) is 0 Å². The molecule has 0 unspecified atom stereocenters. The third-order valence-electron chi connectivity index (χ3n) is 5.05. The van der Waals surface area contributed by atoms with E-state index in [9.17, 15) is 0 Å². The Hall–Kier alpha value is -2.23. The molecule has 2 aromatic rings. The fourth-order valence-corrected chi connectivity index (χ4v) is 3.46. The third kappa shape index (κ3) is 5.13. The molecule has 1 saturated carbocycles. The van der Waals surface area contributed by atoms with Crippen LogP contribution in [0.1, 0.15) is 37.7 Å². The first kappa shape index (κ1) is 18.6. The quantitative estimate of drug-likeness (QED) is 0.865. The van der Waals surface area contributed by atoms with Crippen LogP contribution >= 0.6 is 0 Å². The van der Waals surface area contributed by atoms with E-state index in [1.54, 1.807) is 12.4 Å². The van der Waals surface area contributed by atoms with Crippen molar-refractivity contribution >= 4 is 16.7 Å². The highest BCUT2D eigenvalue weighted by molar-refractivity contribution is 5.89. The molecule has 1 aliphatic carbocycles. The molecule has 26 heavy (non-hydrogen) atoms. The molecule has 138 valence electrons. The Morgan fingerprint density at radius 2 is 1.92 bits per heavy atom. The van der Waals surface area contributed by atoms with E-state index in [0.717, 1.165) is 29.8 Å². The molecule has 1 aromatic heterocycles. The maximum atomic E-state index is 9.00. The number of hydrogen-bond donors (Lipinski definition) is 2. The maximum absolute atomic E-state index is 9.00. The third-order valence-corrected chi connectivity index (χ3v) is 5.05. The zero-order valence-corrected chi connectivity index (χ0v) is 15.5. The van der Waals surface area contributed by atoms with Crippen LogP contribution in [-0.4, -0.2) is 54.1 Å². The minimum absolute atomic E-state index is 0.498. The smallest absolute Gasteiger partial charge is 0.137 e. The summed E-state index contributed by atoms with van der Waals surface area (Å²) in [7, 11) is 2.15. The number of fused-ring (bicyclic) bond motifs is 1. The summed E-state index contributed by atoms with van der Waals surface area (Å²) in [4.78, 5) is 10.9. The van der Waals surface area contributed by atoms with Crippen molar-refractivity contribution in [2.24, 2.45) is 0 Å². The van der Waals surface area contributed by atoms with Crippen LogP contribution in [0.25, 0.3) is 10.9 Å². The molecular formula is C20H28N6. The van der Waals surface area contributed by atoms with Gasteiger partial charge in [0.25, 0.3) is 0 Å². The molecule has 4 rings (SSSR count). The van der Waals surface area contributed by atoms with E-state index in [4.69, 9.17) is 5.26 Å². The Kier molecular flexibility index (Phi) is 6.75. The number of hydrogen-bond acceptors (Lipinski definition) is 6. The number of rotatable bonds is 2. The Labute approximate surface area is 155 Å². The van der Waals surface area contributed by atoms with Crippen molar-refractivity contribution in [1.82, 2.24) is 20.2 Å². The van der Waals surface area contributed by atoms with Gasteiger partial charge in [-0.1, -0.05) is 19.3 Å². The highest BCUT2D eigenvalue weighted by Crippen LogP contribution is 2.25. The minimum atomic E-state index is 0.498. The lowest BCUT2D eigenvalue weighted by Crippen LogP contribution is -2.40. The molecule has 6 nitrogen and oxygen atoms in total. The van der Waals surface area contributed by atoms with Crippen LogP contribution in [0.4, 0.5) is 5.82 Å². The number of piperazine rings is 1. The number of benzene rings is 1. The molecule has 6 heteroatoms. The molecule has 0 radical (unpaired) electrons. The summed E-state index contributed by atoms with van der Waals surface area (Å²) in [5, 5.41) is 16.7. The summed E-state index contributed by atoms with van der Waals surface area (Å²) in [6, 6.07) is 8.19. The van der Waals surface area contributed by atoms with Crippen LogP contribution < -0.4 is 10.6 Å². The van der Waals surface area contributed by atoms with Gasteiger partial charge >= 0.3 is 0 Å². The number of nitrogens with zero attached hydrogens (tertiary/aromatic N) is 4. The summed E-state index contributed by atoms with van der Waals surface area (Å²) in [6.07, 6.45) is 7.88. The molecule has 2 aliphatic rings. The Balaban J connectivity index is 0.000000236. The molecule has 0 spiro atoms. The van der Waals surface area contributed by atoms with Crippen LogP contribution in [0.2, 0.25) is 0 Å². The van der Waals surface area contributed by atoms with Gasteiger partial charge in [0.2, 0.25) is 0 Å². The minimum Gasteiger partial charge on any atom is -0.367 e. The Morgan fingerprint density at radius 1 is 1.15 bits per heavy atom. The van der Waals surface area contributed by atoms with Crippen molar-refractivity contribution in [2.75, 3.05) is 38.5 Å². The van der Waals surface area contributed by atoms with Gasteiger partial charge in [-0.25, -0.2) is 9.97 Å². The molecule has 0 bridgehead atoms. The first-order chi connectivity index (χ1) is 12.8. The van der Waals surface area contributed by atoms with E-state index in [1.807, 2.05) is 12.1 Å². The molecule has 2 fully saturated rings. The standard InChI is InChI=1S/C15H16N4.C5H12N2/c16-9-11-6-7-14-13(8-11)15(18-10-17-14)19-12-4-2-1-3-5-12;1-7-4-2-6-3-5-7/h6-8,10,12H,1-5H2,(H,17,18,19);6H,2-5H2,1H3. The molecule has 2 heterocycles.